The van der Waals surface area contributed by atoms with E-state index in [9.17, 15) is 19.8 Å². The first-order chi connectivity index (χ1) is 10.1. The Hall–Kier alpha value is -1.26. The van der Waals surface area contributed by atoms with Gasteiger partial charge in [-0.25, -0.2) is 0 Å². The topological polar surface area (TPSA) is 74.6 Å². The summed E-state index contributed by atoms with van der Waals surface area (Å²) in [6, 6.07) is 0. The summed E-state index contributed by atoms with van der Waals surface area (Å²) in [4.78, 5) is 25.1. The first-order valence-corrected chi connectivity index (χ1v) is 8.10. The molecule has 120 valence electrons. The van der Waals surface area contributed by atoms with Crippen molar-refractivity contribution in [2.75, 3.05) is 0 Å². The third-order valence-corrected chi connectivity index (χ3v) is 5.46. The summed E-state index contributed by atoms with van der Waals surface area (Å²) in [5.41, 5.74) is -2.66. The highest BCUT2D eigenvalue weighted by atomic mass is 16.3. The third-order valence-electron chi connectivity index (χ3n) is 5.46. The van der Waals surface area contributed by atoms with Crippen molar-refractivity contribution in [1.82, 2.24) is 0 Å². The molecule has 2 N–H and O–H groups in total. The predicted molar refractivity (Wildman–Crippen MR) is 82.0 cm³/mol. The van der Waals surface area contributed by atoms with E-state index in [2.05, 4.69) is 0 Å². The maximum absolute atomic E-state index is 12.8. The fourth-order valence-corrected chi connectivity index (χ4v) is 3.97. The van der Waals surface area contributed by atoms with Crippen molar-refractivity contribution in [3.05, 3.63) is 23.3 Å². The van der Waals surface area contributed by atoms with E-state index in [1.807, 2.05) is 6.92 Å². The highest BCUT2D eigenvalue weighted by Gasteiger charge is 2.50. The van der Waals surface area contributed by atoms with Gasteiger partial charge in [0.25, 0.3) is 0 Å². The second kappa shape index (κ2) is 4.87. The van der Waals surface area contributed by atoms with Crippen LogP contribution in [0.4, 0.5) is 0 Å². The normalized spacial score (nSPS) is 45.4. The third kappa shape index (κ3) is 2.48. The molecular formula is C18H24O4. The van der Waals surface area contributed by atoms with Crippen LogP contribution in [0.5, 0.6) is 0 Å². The number of hydrogen-bond acceptors (Lipinski definition) is 4. The van der Waals surface area contributed by atoms with E-state index in [0.29, 0.717) is 23.8 Å². The minimum absolute atomic E-state index is 0.0300. The zero-order valence-corrected chi connectivity index (χ0v) is 13.4. The van der Waals surface area contributed by atoms with Crippen molar-refractivity contribution in [3.8, 4) is 0 Å². The molecule has 3 aliphatic carbocycles. The van der Waals surface area contributed by atoms with Crippen LogP contribution in [0.15, 0.2) is 23.3 Å². The lowest BCUT2D eigenvalue weighted by Crippen LogP contribution is -2.42. The molecule has 1 fully saturated rings. The number of hydrogen-bond donors (Lipinski definition) is 2. The Bertz CT molecular complexity index is 598. The zero-order valence-electron chi connectivity index (χ0n) is 13.4. The molecule has 3 rings (SSSR count). The fraction of sp³-hybridized carbons (Fsp3) is 0.667. The van der Waals surface area contributed by atoms with Crippen LogP contribution in [-0.2, 0) is 9.59 Å². The van der Waals surface area contributed by atoms with Crippen LogP contribution in [0, 0.1) is 17.8 Å². The molecule has 0 bridgehead atoms. The van der Waals surface area contributed by atoms with Gasteiger partial charge < -0.3 is 10.2 Å². The summed E-state index contributed by atoms with van der Waals surface area (Å²) in [7, 11) is 0. The van der Waals surface area contributed by atoms with Gasteiger partial charge in [-0.15, -0.1) is 0 Å². The predicted octanol–water partition coefficient (Wildman–Crippen LogP) is 1.95. The number of ketones is 2. The monoisotopic (exact) mass is 304 g/mol. The molecule has 5 atom stereocenters. The van der Waals surface area contributed by atoms with Crippen molar-refractivity contribution in [1.29, 1.82) is 0 Å². The van der Waals surface area contributed by atoms with Crippen LogP contribution in [0.25, 0.3) is 0 Å². The number of fused-ring (bicyclic) bond motifs is 2. The molecule has 0 spiro atoms. The molecule has 0 saturated heterocycles. The van der Waals surface area contributed by atoms with E-state index in [0.717, 1.165) is 19.3 Å². The van der Waals surface area contributed by atoms with Gasteiger partial charge in [0.15, 0.2) is 17.2 Å². The minimum atomic E-state index is -1.88. The van der Waals surface area contributed by atoms with Gasteiger partial charge in [0.2, 0.25) is 0 Å². The summed E-state index contributed by atoms with van der Waals surface area (Å²) < 4.78 is 0. The molecule has 0 heterocycles. The van der Waals surface area contributed by atoms with Crippen molar-refractivity contribution in [3.63, 3.8) is 0 Å². The maximum Gasteiger partial charge on any atom is 0.188 e. The number of aliphatic hydroxyl groups is 2. The second-order valence-corrected chi connectivity index (χ2v) is 7.63. The van der Waals surface area contributed by atoms with Crippen LogP contribution in [0.2, 0.25) is 0 Å². The number of allylic oxidation sites excluding steroid dienone is 1. The van der Waals surface area contributed by atoms with Gasteiger partial charge in [0.1, 0.15) is 0 Å². The molecule has 0 amide bonds. The van der Waals surface area contributed by atoms with Crippen molar-refractivity contribution < 1.29 is 19.8 Å². The molecule has 4 heteroatoms. The standard InChI is InChI=1S/C18H24O4/c1-10-6-13-7-12(13)4-5-17(3,21)9-14-15(19)11(2)8-18(14,22)16(10)20/h8-10,12-13,21-22H,4-7H2,1-3H3/t10-,12-,13+,17+,18+/m1/s1. The Morgan fingerprint density at radius 2 is 1.82 bits per heavy atom. The summed E-state index contributed by atoms with van der Waals surface area (Å²) in [5.74, 6) is 0.101. The van der Waals surface area contributed by atoms with E-state index >= 15 is 0 Å². The first kappa shape index (κ1) is 15.6. The highest BCUT2D eigenvalue weighted by molar-refractivity contribution is 6.19. The van der Waals surface area contributed by atoms with Gasteiger partial charge in [-0.1, -0.05) is 6.92 Å². The van der Waals surface area contributed by atoms with E-state index in [-0.39, 0.29) is 23.1 Å². The second-order valence-electron chi connectivity index (χ2n) is 7.63. The van der Waals surface area contributed by atoms with E-state index < -0.39 is 11.2 Å². The highest BCUT2D eigenvalue weighted by Crippen LogP contribution is 2.49. The Morgan fingerprint density at radius 3 is 2.50 bits per heavy atom. The van der Waals surface area contributed by atoms with Crippen molar-refractivity contribution in [2.45, 2.75) is 57.7 Å². The summed E-state index contributed by atoms with van der Waals surface area (Å²) in [5, 5.41) is 21.5. The fourth-order valence-electron chi connectivity index (χ4n) is 3.97. The smallest absolute Gasteiger partial charge is 0.188 e. The lowest BCUT2D eigenvalue weighted by molar-refractivity contribution is -0.135. The number of carbonyl (C=O) groups is 2. The Labute approximate surface area is 130 Å². The van der Waals surface area contributed by atoms with E-state index in [1.165, 1.54) is 12.2 Å². The van der Waals surface area contributed by atoms with Gasteiger partial charge in [-0.3, -0.25) is 9.59 Å². The molecule has 0 radical (unpaired) electrons. The molecule has 22 heavy (non-hydrogen) atoms. The quantitative estimate of drug-likeness (QED) is 0.717. The van der Waals surface area contributed by atoms with Crippen molar-refractivity contribution in [2.24, 2.45) is 17.8 Å². The molecule has 4 nitrogen and oxygen atoms in total. The molecule has 0 aromatic rings. The SMILES string of the molecule is CC1=C[C@@]2(O)C(=O)[C@H](C)C[C@H]3C[C@H]3CC[C@](C)(O)C=C2C1=O. The summed E-state index contributed by atoms with van der Waals surface area (Å²) >= 11 is 0. The van der Waals surface area contributed by atoms with Crippen LogP contribution < -0.4 is 0 Å². The molecule has 3 aliphatic rings. The van der Waals surface area contributed by atoms with E-state index in [4.69, 9.17) is 0 Å². The van der Waals surface area contributed by atoms with Gasteiger partial charge in [-0.05, 0) is 69.1 Å². The zero-order chi connectivity index (χ0) is 16.3. The van der Waals surface area contributed by atoms with Crippen molar-refractivity contribution >= 4 is 11.6 Å². The largest absolute Gasteiger partial charge is 0.386 e. The summed E-state index contributed by atoms with van der Waals surface area (Å²) in [6.07, 6.45) is 6.05. The van der Waals surface area contributed by atoms with Gasteiger partial charge >= 0.3 is 0 Å². The van der Waals surface area contributed by atoms with Crippen LogP contribution >= 0.6 is 0 Å². The molecule has 0 unspecified atom stereocenters. The maximum atomic E-state index is 12.8. The van der Waals surface area contributed by atoms with Gasteiger partial charge in [0, 0.05) is 11.5 Å². The number of rotatable bonds is 0. The molecule has 0 aromatic heterocycles. The Kier molecular flexibility index (Phi) is 3.46. The molecule has 0 aromatic carbocycles. The van der Waals surface area contributed by atoms with Crippen LogP contribution in [0.3, 0.4) is 0 Å². The average molecular weight is 304 g/mol. The number of Topliss-reactive ketones (excluding diaryl/α,β-unsaturated/α-hetero) is 2. The minimum Gasteiger partial charge on any atom is -0.386 e. The Balaban J connectivity index is 2.06. The molecule has 0 aliphatic heterocycles. The lowest BCUT2D eigenvalue weighted by atomic mass is 9.82. The van der Waals surface area contributed by atoms with Crippen LogP contribution in [0.1, 0.15) is 46.5 Å². The van der Waals surface area contributed by atoms with Gasteiger partial charge in [-0.2, -0.15) is 0 Å². The van der Waals surface area contributed by atoms with Crippen LogP contribution in [-0.4, -0.2) is 33.0 Å². The lowest BCUT2D eigenvalue weighted by Gasteiger charge is -2.27. The molecular weight excluding hydrogens is 280 g/mol. The Morgan fingerprint density at radius 1 is 1.14 bits per heavy atom. The average Bonchev–Trinajstić information content (AvgIpc) is 3.13. The summed E-state index contributed by atoms with van der Waals surface area (Å²) in [6.45, 7) is 5.07. The molecule has 1 saturated carbocycles. The first-order valence-electron chi connectivity index (χ1n) is 8.10. The number of carbonyl (C=O) groups excluding carboxylic acids is 2. The van der Waals surface area contributed by atoms with E-state index in [1.54, 1.807) is 13.8 Å². The van der Waals surface area contributed by atoms with Gasteiger partial charge in [0.05, 0.1) is 5.60 Å².